The highest BCUT2D eigenvalue weighted by molar-refractivity contribution is 7.99. The number of carbonyl (C=O) groups is 1. The lowest BCUT2D eigenvalue weighted by Crippen LogP contribution is -2.14. The van der Waals surface area contributed by atoms with E-state index in [0.717, 1.165) is 22.5 Å². The van der Waals surface area contributed by atoms with Gasteiger partial charge in [-0.1, -0.05) is 55.4 Å². The summed E-state index contributed by atoms with van der Waals surface area (Å²) >= 11 is 7.65. The third kappa shape index (κ3) is 5.09. The quantitative estimate of drug-likeness (QED) is 0.372. The van der Waals surface area contributed by atoms with Crippen LogP contribution in [-0.2, 0) is 10.2 Å². The van der Waals surface area contributed by atoms with Gasteiger partial charge in [0.2, 0.25) is 11.8 Å². The van der Waals surface area contributed by atoms with Crippen LogP contribution in [0.2, 0.25) is 5.02 Å². The fourth-order valence-corrected chi connectivity index (χ4v) is 4.01. The van der Waals surface area contributed by atoms with Crippen molar-refractivity contribution >= 4 is 35.2 Å². The molecule has 170 valence electrons. The van der Waals surface area contributed by atoms with Crippen molar-refractivity contribution in [1.29, 1.82) is 0 Å². The number of benzene rings is 1. The summed E-state index contributed by atoms with van der Waals surface area (Å²) in [7, 11) is 0. The van der Waals surface area contributed by atoms with Gasteiger partial charge in [0.05, 0.1) is 17.1 Å². The average Bonchev–Trinajstić information content (AvgIpc) is 3.42. The molecule has 0 atom stereocenters. The van der Waals surface area contributed by atoms with E-state index in [-0.39, 0.29) is 17.1 Å². The van der Waals surface area contributed by atoms with Crippen molar-refractivity contribution in [2.45, 2.75) is 38.3 Å². The van der Waals surface area contributed by atoms with Crippen LogP contribution in [0.4, 0.5) is 5.88 Å². The van der Waals surface area contributed by atoms with E-state index in [2.05, 4.69) is 25.7 Å². The van der Waals surface area contributed by atoms with Gasteiger partial charge in [0.15, 0.2) is 11.0 Å². The molecule has 0 saturated carbocycles. The second-order valence-electron chi connectivity index (χ2n) is 8.42. The Morgan fingerprint density at radius 3 is 2.64 bits per heavy atom. The molecule has 0 radical (unpaired) electrons. The van der Waals surface area contributed by atoms with E-state index < -0.39 is 0 Å². The fourth-order valence-electron chi connectivity index (χ4n) is 3.10. The molecule has 1 aromatic carbocycles. The molecule has 8 nitrogen and oxygen atoms in total. The van der Waals surface area contributed by atoms with Gasteiger partial charge in [0.1, 0.15) is 0 Å². The molecular weight excluding hydrogens is 460 g/mol. The molecule has 3 heterocycles. The summed E-state index contributed by atoms with van der Waals surface area (Å²) in [6, 6.07) is 11.1. The molecule has 4 aromatic rings. The predicted molar refractivity (Wildman–Crippen MR) is 129 cm³/mol. The van der Waals surface area contributed by atoms with Crippen LogP contribution in [0.25, 0.3) is 17.1 Å². The lowest BCUT2D eigenvalue weighted by atomic mass is 9.92. The summed E-state index contributed by atoms with van der Waals surface area (Å²) in [5, 5.41) is 16.7. The Kier molecular flexibility index (Phi) is 6.53. The number of pyridine rings is 1. The maximum Gasteiger partial charge on any atom is 0.237 e. The zero-order valence-electron chi connectivity index (χ0n) is 18.7. The number of aromatic nitrogens is 5. The molecule has 1 N–H and O–H groups in total. The van der Waals surface area contributed by atoms with Gasteiger partial charge in [0.25, 0.3) is 0 Å². The minimum Gasteiger partial charge on any atom is -0.338 e. The normalized spacial score (nSPS) is 11.5. The lowest BCUT2D eigenvalue weighted by molar-refractivity contribution is -0.113. The van der Waals surface area contributed by atoms with Crippen LogP contribution in [0.3, 0.4) is 0 Å². The van der Waals surface area contributed by atoms with E-state index in [9.17, 15) is 4.79 Å². The molecule has 0 unspecified atom stereocenters. The maximum absolute atomic E-state index is 12.6. The highest BCUT2D eigenvalue weighted by atomic mass is 35.5. The molecule has 0 bridgehead atoms. The third-order valence-electron chi connectivity index (χ3n) is 4.93. The van der Waals surface area contributed by atoms with Crippen LogP contribution < -0.4 is 5.32 Å². The Morgan fingerprint density at radius 1 is 1.18 bits per heavy atom. The van der Waals surface area contributed by atoms with E-state index in [1.165, 1.54) is 11.8 Å². The molecule has 33 heavy (non-hydrogen) atoms. The largest absolute Gasteiger partial charge is 0.338 e. The number of nitrogens with zero attached hydrogens (tertiary/aromatic N) is 5. The fraction of sp³-hybridized carbons (Fsp3) is 0.261. The van der Waals surface area contributed by atoms with Gasteiger partial charge in [0, 0.05) is 34.5 Å². The molecule has 10 heteroatoms. The molecule has 1 amide bonds. The van der Waals surface area contributed by atoms with Crippen LogP contribution in [0, 0.1) is 6.92 Å². The average molecular weight is 483 g/mol. The van der Waals surface area contributed by atoms with Gasteiger partial charge in [-0.3, -0.25) is 19.7 Å². The minimum absolute atomic E-state index is 0.111. The summed E-state index contributed by atoms with van der Waals surface area (Å²) in [4.78, 5) is 16.7. The van der Waals surface area contributed by atoms with Crippen molar-refractivity contribution in [1.82, 2.24) is 24.9 Å². The Bertz CT molecular complexity index is 1280. The summed E-state index contributed by atoms with van der Waals surface area (Å²) < 4.78 is 7.16. The monoisotopic (exact) mass is 482 g/mol. The number of hydrogen-bond donors (Lipinski definition) is 1. The van der Waals surface area contributed by atoms with Crippen molar-refractivity contribution in [3.8, 4) is 17.1 Å². The Hall–Kier alpha value is -3.17. The number of nitrogens with one attached hydrogen (secondary N) is 1. The van der Waals surface area contributed by atoms with E-state index in [1.54, 1.807) is 18.5 Å². The number of anilines is 1. The van der Waals surface area contributed by atoms with Crippen molar-refractivity contribution in [3.05, 3.63) is 65.1 Å². The molecule has 0 aliphatic carbocycles. The molecule has 0 fully saturated rings. The molecule has 3 aromatic heterocycles. The first-order chi connectivity index (χ1) is 15.7. The molecular formula is C23H23ClN6O2S. The van der Waals surface area contributed by atoms with Gasteiger partial charge in [-0.2, -0.15) is 0 Å². The van der Waals surface area contributed by atoms with Crippen LogP contribution >= 0.6 is 23.4 Å². The number of thioether (sulfide) groups is 1. The van der Waals surface area contributed by atoms with Gasteiger partial charge in [-0.15, -0.1) is 10.2 Å². The second-order valence-corrected chi connectivity index (χ2v) is 9.77. The first-order valence-electron chi connectivity index (χ1n) is 10.2. The number of halogens is 1. The van der Waals surface area contributed by atoms with Gasteiger partial charge in [-0.05, 0) is 36.8 Å². The van der Waals surface area contributed by atoms with E-state index in [1.807, 2.05) is 62.6 Å². The van der Waals surface area contributed by atoms with Crippen molar-refractivity contribution < 1.29 is 9.32 Å². The number of rotatable bonds is 6. The van der Waals surface area contributed by atoms with Crippen LogP contribution in [-0.4, -0.2) is 36.6 Å². The second kappa shape index (κ2) is 9.36. The summed E-state index contributed by atoms with van der Waals surface area (Å²) in [5.74, 6) is 0.824. The first-order valence-corrected chi connectivity index (χ1v) is 11.6. The van der Waals surface area contributed by atoms with Crippen molar-refractivity contribution in [2.75, 3.05) is 11.1 Å². The zero-order chi connectivity index (χ0) is 23.6. The SMILES string of the molecule is Cc1c(Cl)cccc1-n1c(SCC(=O)Nc2cc(C(C)(C)C)no2)nnc1-c1ccncc1. The molecule has 0 spiro atoms. The van der Waals surface area contributed by atoms with Gasteiger partial charge in [-0.25, -0.2) is 0 Å². The molecule has 4 rings (SSSR count). The first kappa shape index (κ1) is 23.0. The van der Waals surface area contributed by atoms with Crippen LogP contribution in [0.5, 0.6) is 0 Å². The number of carbonyl (C=O) groups excluding carboxylic acids is 1. The molecule has 0 saturated heterocycles. The van der Waals surface area contributed by atoms with E-state index >= 15 is 0 Å². The van der Waals surface area contributed by atoms with E-state index in [0.29, 0.717) is 21.9 Å². The Balaban J connectivity index is 1.59. The number of amides is 1. The smallest absolute Gasteiger partial charge is 0.237 e. The third-order valence-corrected chi connectivity index (χ3v) is 6.26. The topological polar surface area (TPSA) is 98.7 Å². The summed E-state index contributed by atoms with van der Waals surface area (Å²) in [5.41, 5.74) is 3.17. The van der Waals surface area contributed by atoms with Crippen molar-refractivity contribution in [2.24, 2.45) is 0 Å². The Morgan fingerprint density at radius 2 is 1.94 bits per heavy atom. The zero-order valence-corrected chi connectivity index (χ0v) is 20.2. The maximum atomic E-state index is 12.6. The highest BCUT2D eigenvalue weighted by Crippen LogP contribution is 2.31. The van der Waals surface area contributed by atoms with Crippen molar-refractivity contribution in [3.63, 3.8) is 0 Å². The highest BCUT2D eigenvalue weighted by Gasteiger charge is 2.21. The summed E-state index contributed by atoms with van der Waals surface area (Å²) in [6.45, 7) is 8.01. The van der Waals surface area contributed by atoms with E-state index in [4.69, 9.17) is 16.1 Å². The summed E-state index contributed by atoms with van der Waals surface area (Å²) in [6.07, 6.45) is 3.39. The predicted octanol–water partition coefficient (Wildman–Crippen LogP) is 5.31. The molecule has 0 aliphatic rings. The Labute approximate surface area is 200 Å². The molecule has 0 aliphatic heterocycles. The minimum atomic E-state index is -0.237. The standard InChI is InChI=1S/C23H23ClN6O2S/c1-14-16(24)6-5-7-17(14)30-21(15-8-10-25-11-9-15)27-28-22(30)33-13-19(31)26-20-12-18(29-32-20)23(2,3)4/h5-12H,13H2,1-4H3,(H,26,31). The number of hydrogen-bond acceptors (Lipinski definition) is 7. The van der Waals surface area contributed by atoms with Gasteiger partial charge >= 0.3 is 0 Å². The van der Waals surface area contributed by atoms with Crippen LogP contribution in [0.15, 0.2) is 58.5 Å². The van der Waals surface area contributed by atoms with Crippen LogP contribution in [0.1, 0.15) is 32.0 Å². The van der Waals surface area contributed by atoms with Gasteiger partial charge < -0.3 is 4.52 Å². The lowest BCUT2D eigenvalue weighted by Gasteiger charge is -2.13.